The fourth-order valence-corrected chi connectivity index (χ4v) is 3.57. The van der Waals surface area contributed by atoms with Crippen LogP contribution >= 0.6 is 11.3 Å². The third-order valence-corrected chi connectivity index (χ3v) is 5.64. The van der Waals surface area contributed by atoms with Crippen molar-refractivity contribution in [2.75, 3.05) is 26.4 Å². The lowest BCUT2D eigenvalue weighted by molar-refractivity contribution is -0.124. The smallest absolute Gasteiger partial charge is 0.339 e. The van der Waals surface area contributed by atoms with Crippen LogP contribution in [0, 0.1) is 0 Å². The summed E-state index contributed by atoms with van der Waals surface area (Å²) in [5, 5.41) is 8.81. The summed E-state index contributed by atoms with van der Waals surface area (Å²) in [6.07, 6.45) is 0. The molecule has 11 heteroatoms. The van der Waals surface area contributed by atoms with Crippen LogP contribution < -0.4 is 19.9 Å². The molecule has 1 aromatic heterocycles. The SMILES string of the molecule is CCOc1ccc(OCCNC(=O)COC(=O)c2csc(S(N)(=O)=O)c2)cc1. The minimum Gasteiger partial charge on any atom is -0.494 e. The summed E-state index contributed by atoms with van der Waals surface area (Å²) in [6, 6.07) is 8.17. The Labute approximate surface area is 166 Å². The molecule has 0 saturated heterocycles. The van der Waals surface area contributed by atoms with Crippen LogP contribution in [0.25, 0.3) is 0 Å². The number of nitrogens with two attached hydrogens (primary N) is 1. The van der Waals surface area contributed by atoms with Gasteiger partial charge in [0.1, 0.15) is 22.3 Å². The highest BCUT2D eigenvalue weighted by atomic mass is 32.2. The first-order valence-corrected chi connectivity index (χ1v) is 10.6. The normalized spacial score (nSPS) is 10.9. The summed E-state index contributed by atoms with van der Waals surface area (Å²) >= 11 is 0.799. The Morgan fingerprint density at radius 2 is 1.79 bits per heavy atom. The molecule has 1 amide bonds. The van der Waals surface area contributed by atoms with E-state index in [1.54, 1.807) is 24.3 Å². The highest BCUT2D eigenvalue weighted by molar-refractivity contribution is 7.91. The van der Waals surface area contributed by atoms with E-state index in [1.165, 1.54) is 5.38 Å². The average molecular weight is 428 g/mol. The van der Waals surface area contributed by atoms with E-state index in [2.05, 4.69) is 5.32 Å². The van der Waals surface area contributed by atoms with E-state index >= 15 is 0 Å². The van der Waals surface area contributed by atoms with Crippen molar-refractivity contribution in [3.05, 3.63) is 41.3 Å². The molecule has 0 bridgehead atoms. The molecule has 3 N–H and O–H groups in total. The van der Waals surface area contributed by atoms with Gasteiger partial charge in [-0.25, -0.2) is 18.4 Å². The van der Waals surface area contributed by atoms with Gasteiger partial charge in [-0.05, 0) is 37.3 Å². The van der Waals surface area contributed by atoms with E-state index in [4.69, 9.17) is 19.3 Å². The molecule has 1 heterocycles. The fraction of sp³-hybridized carbons (Fsp3) is 0.294. The van der Waals surface area contributed by atoms with Gasteiger partial charge in [0.15, 0.2) is 6.61 Å². The average Bonchev–Trinajstić information content (AvgIpc) is 3.15. The molecule has 152 valence electrons. The number of primary sulfonamides is 1. The summed E-state index contributed by atoms with van der Waals surface area (Å²) in [4.78, 5) is 23.5. The summed E-state index contributed by atoms with van der Waals surface area (Å²) in [5.41, 5.74) is 0.0145. The zero-order valence-corrected chi connectivity index (χ0v) is 16.7. The topological polar surface area (TPSA) is 134 Å². The van der Waals surface area contributed by atoms with Gasteiger partial charge in [0.05, 0.1) is 18.7 Å². The van der Waals surface area contributed by atoms with Gasteiger partial charge in [-0.2, -0.15) is 0 Å². The molecule has 0 spiro atoms. The zero-order chi connectivity index (χ0) is 20.6. The quantitative estimate of drug-likeness (QED) is 0.428. The summed E-state index contributed by atoms with van der Waals surface area (Å²) < 4.78 is 37.8. The number of carbonyl (C=O) groups is 2. The Kier molecular flexibility index (Phi) is 7.79. The van der Waals surface area contributed by atoms with Crippen molar-refractivity contribution in [2.24, 2.45) is 5.14 Å². The minimum absolute atomic E-state index is 0.0145. The van der Waals surface area contributed by atoms with Gasteiger partial charge in [-0.15, -0.1) is 11.3 Å². The van der Waals surface area contributed by atoms with Crippen molar-refractivity contribution < 1.29 is 32.2 Å². The van der Waals surface area contributed by atoms with Crippen LogP contribution in [0.2, 0.25) is 0 Å². The molecular formula is C17H20N2O7S2. The van der Waals surface area contributed by atoms with Crippen LogP contribution in [0.3, 0.4) is 0 Å². The van der Waals surface area contributed by atoms with Crippen LogP contribution in [0.15, 0.2) is 39.9 Å². The number of nitrogens with one attached hydrogen (secondary N) is 1. The number of hydrogen-bond donors (Lipinski definition) is 2. The van der Waals surface area contributed by atoms with Gasteiger partial charge in [0, 0.05) is 5.38 Å². The number of ether oxygens (including phenoxy) is 3. The van der Waals surface area contributed by atoms with Crippen molar-refractivity contribution >= 4 is 33.2 Å². The van der Waals surface area contributed by atoms with Crippen molar-refractivity contribution in [3.8, 4) is 11.5 Å². The highest BCUT2D eigenvalue weighted by Gasteiger charge is 2.17. The molecular weight excluding hydrogens is 408 g/mol. The largest absolute Gasteiger partial charge is 0.494 e. The maximum Gasteiger partial charge on any atom is 0.339 e. The summed E-state index contributed by atoms with van der Waals surface area (Å²) in [7, 11) is -3.88. The molecule has 0 aliphatic rings. The van der Waals surface area contributed by atoms with Gasteiger partial charge in [-0.3, -0.25) is 4.79 Å². The third kappa shape index (κ3) is 6.83. The Bertz CT molecular complexity index is 908. The molecule has 2 rings (SSSR count). The van der Waals surface area contributed by atoms with E-state index in [1.807, 2.05) is 6.92 Å². The van der Waals surface area contributed by atoms with Crippen molar-refractivity contribution in [1.82, 2.24) is 5.32 Å². The molecule has 1 aromatic carbocycles. The molecule has 0 fully saturated rings. The first-order chi connectivity index (χ1) is 13.3. The van der Waals surface area contributed by atoms with Gasteiger partial charge < -0.3 is 19.5 Å². The number of carbonyl (C=O) groups excluding carboxylic acids is 2. The first kappa shape index (κ1) is 21.7. The number of benzene rings is 1. The molecule has 0 aliphatic heterocycles. The van der Waals surface area contributed by atoms with Gasteiger partial charge >= 0.3 is 5.97 Å². The zero-order valence-electron chi connectivity index (χ0n) is 15.0. The first-order valence-electron chi connectivity index (χ1n) is 8.20. The third-order valence-electron chi connectivity index (χ3n) is 3.25. The van der Waals surface area contributed by atoms with Crippen LogP contribution in [-0.4, -0.2) is 46.7 Å². The Morgan fingerprint density at radius 1 is 1.14 bits per heavy atom. The minimum atomic E-state index is -3.88. The Morgan fingerprint density at radius 3 is 2.36 bits per heavy atom. The fourth-order valence-electron chi connectivity index (χ4n) is 2.00. The molecule has 28 heavy (non-hydrogen) atoms. The second kappa shape index (κ2) is 10.1. The Hall–Kier alpha value is -2.63. The Balaban J connectivity index is 1.67. The predicted molar refractivity (Wildman–Crippen MR) is 102 cm³/mol. The molecule has 0 unspecified atom stereocenters. The van der Waals surface area contributed by atoms with E-state index < -0.39 is 28.5 Å². The number of esters is 1. The van der Waals surface area contributed by atoms with Crippen molar-refractivity contribution in [1.29, 1.82) is 0 Å². The molecule has 0 atom stereocenters. The highest BCUT2D eigenvalue weighted by Crippen LogP contribution is 2.19. The summed E-state index contributed by atoms with van der Waals surface area (Å²) in [6.45, 7) is 2.43. The van der Waals surface area contributed by atoms with Crippen molar-refractivity contribution in [2.45, 2.75) is 11.1 Å². The van der Waals surface area contributed by atoms with Crippen LogP contribution in [0.5, 0.6) is 11.5 Å². The predicted octanol–water partition coefficient (Wildman–Crippen LogP) is 1.15. The maximum absolute atomic E-state index is 11.8. The molecule has 0 saturated carbocycles. The van der Waals surface area contributed by atoms with Crippen LogP contribution in [0.1, 0.15) is 17.3 Å². The molecule has 2 aromatic rings. The monoisotopic (exact) mass is 428 g/mol. The van der Waals surface area contributed by atoms with E-state index in [0.29, 0.717) is 12.4 Å². The second-order valence-corrected chi connectivity index (χ2v) is 8.08. The number of thiophene rings is 1. The van der Waals surface area contributed by atoms with Gasteiger partial charge in [0.25, 0.3) is 5.91 Å². The maximum atomic E-state index is 11.8. The lowest BCUT2D eigenvalue weighted by Gasteiger charge is -2.09. The molecule has 0 aliphatic carbocycles. The standard InChI is InChI=1S/C17H20N2O7S2/c1-2-24-13-3-5-14(6-4-13)25-8-7-19-15(20)10-26-17(21)12-9-16(27-11-12)28(18,22)23/h3-6,9,11H,2,7-8,10H2,1H3,(H,19,20)(H2,18,22,23). The van der Waals surface area contributed by atoms with E-state index in [9.17, 15) is 18.0 Å². The van der Waals surface area contributed by atoms with E-state index in [-0.39, 0.29) is 22.9 Å². The van der Waals surface area contributed by atoms with Gasteiger partial charge in [-0.1, -0.05) is 0 Å². The number of rotatable bonds is 10. The number of sulfonamides is 1. The lowest BCUT2D eigenvalue weighted by atomic mass is 10.3. The van der Waals surface area contributed by atoms with Crippen LogP contribution in [0.4, 0.5) is 0 Å². The number of amides is 1. The molecule has 9 nitrogen and oxygen atoms in total. The second-order valence-electron chi connectivity index (χ2n) is 5.38. The van der Waals surface area contributed by atoms with Crippen LogP contribution in [-0.2, 0) is 19.6 Å². The van der Waals surface area contributed by atoms with E-state index in [0.717, 1.165) is 23.2 Å². The van der Waals surface area contributed by atoms with Crippen molar-refractivity contribution in [3.63, 3.8) is 0 Å². The number of hydrogen-bond acceptors (Lipinski definition) is 8. The van der Waals surface area contributed by atoms with Gasteiger partial charge in [0.2, 0.25) is 10.0 Å². The molecule has 0 radical (unpaired) electrons. The lowest BCUT2D eigenvalue weighted by Crippen LogP contribution is -2.32. The summed E-state index contributed by atoms with van der Waals surface area (Å²) in [5.74, 6) is 0.0523.